The highest BCUT2D eigenvalue weighted by Crippen LogP contribution is 1.14. The number of thiocarbonyl (C=S) groups is 1. The van der Waals surface area contributed by atoms with Crippen LogP contribution < -0.4 is 0 Å². The summed E-state index contributed by atoms with van der Waals surface area (Å²) in [6.07, 6.45) is 0. The van der Waals surface area contributed by atoms with Crippen LogP contribution in [0.4, 0.5) is 0 Å². The Morgan fingerprint density at radius 1 is 0.800 bits per heavy atom. The molecule has 3 heteroatoms. The van der Waals surface area contributed by atoms with Gasteiger partial charge in [-0.25, -0.2) is 4.79 Å². The third-order valence-corrected chi connectivity index (χ3v) is 0. The van der Waals surface area contributed by atoms with Crippen LogP contribution in [0.2, 0.25) is 0 Å². The summed E-state index contributed by atoms with van der Waals surface area (Å²) >= 11 is 3.59. The van der Waals surface area contributed by atoms with Gasteiger partial charge in [0.2, 0.25) is 5.23 Å². The minimum Gasteiger partial charge on any atom is -0.220 e. The van der Waals surface area contributed by atoms with Crippen molar-refractivity contribution in [3.05, 3.63) is 0 Å². The molecule has 0 aliphatic rings. The van der Waals surface area contributed by atoms with Crippen LogP contribution in [0.1, 0.15) is 44.6 Å². The van der Waals surface area contributed by atoms with Crippen molar-refractivity contribution in [3.63, 3.8) is 0 Å². The van der Waals surface area contributed by atoms with E-state index < -0.39 is 0 Å². The van der Waals surface area contributed by atoms with Crippen molar-refractivity contribution in [3.8, 4) is 0 Å². The van der Waals surface area contributed by atoms with Crippen LogP contribution in [0.5, 0.6) is 0 Å². The zero-order valence-electron chi connectivity index (χ0n) is 1.82. The molecular weight excluding hydrogens is 164 g/mol. The van der Waals surface area contributed by atoms with Gasteiger partial charge in [0.05, 0.1) is 0 Å². The summed E-state index contributed by atoms with van der Waals surface area (Å²) in [6.45, 7) is 0. The summed E-state index contributed by atoms with van der Waals surface area (Å²) in [4.78, 5) is 8.50. The molecule has 0 aliphatic heterocycles. The molecule has 0 saturated heterocycles. The zero-order chi connectivity index (χ0) is 2.71. The first-order valence-electron chi connectivity index (χ1n) is 0.408. The summed E-state index contributed by atoms with van der Waals surface area (Å²) in [5.41, 5.74) is 0. The van der Waals surface area contributed by atoms with Crippen LogP contribution >= 0.6 is 25.7 Å². The molecule has 0 bridgehead atoms. The lowest BCUT2D eigenvalue weighted by molar-refractivity contribution is 0.572. The molecule has 1 nitrogen and oxygen atoms in total. The topological polar surface area (TPSA) is 17.1 Å². The average Bonchev–Trinajstić information content (AvgIpc) is 0.918. The predicted molar refractivity (Wildman–Crippen MR) is 64.1 cm³/mol. The minimum atomic E-state index is 0. The maximum atomic E-state index is 8.50. The monoisotopic (exact) mass is 190 g/mol. The largest absolute Gasteiger partial charge is 0.220 e. The van der Waals surface area contributed by atoms with E-state index in [9.17, 15) is 0 Å². The molecule has 0 radical (unpaired) electrons. The third-order valence-electron chi connectivity index (χ3n) is 0. The van der Waals surface area contributed by atoms with E-state index in [1.165, 1.54) is 0 Å². The lowest BCUT2D eigenvalue weighted by Gasteiger charge is -0.970. The van der Waals surface area contributed by atoms with Gasteiger partial charge < -0.3 is 0 Å². The van der Waals surface area contributed by atoms with Crippen molar-refractivity contribution < 1.29 is 4.79 Å². The van der Waals surface area contributed by atoms with Gasteiger partial charge in [-0.05, 0) is 0 Å². The molecule has 0 fully saturated rings. The van der Waals surface area contributed by atoms with E-state index in [1.54, 1.807) is 0 Å². The summed E-state index contributed by atoms with van der Waals surface area (Å²) in [5, 5.41) is 1.08. The second-order valence-electron chi connectivity index (χ2n) is 0.0833. The first-order valence-corrected chi connectivity index (χ1v) is 0.816. The highest BCUT2D eigenvalue weighted by Gasteiger charge is 1.07. The molecule has 0 aromatic rings. The average molecular weight is 190 g/mol. The fourth-order valence-electron chi connectivity index (χ4n) is 0. The predicted octanol–water partition coefficient (Wildman–Crippen LogP) is 4.18. The molecular formula is C7H26OS2. The molecule has 0 aliphatic carbocycles. The van der Waals surface area contributed by atoms with Crippen LogP contribution in [0, 0.1) is 0 Å². The number of hydrogen-bond donors (Lipinski definition) is 0. The van der Waals surface area contributed by atoms with Gasteiger partial charge in [-0.2, -0.15) is 13.5 Å². The smallest absolute Gasteiger partial charge is 0.202 e. The van der Waals surface area contributed by atoms with Crippen molar-refractivity contribution in [2.45, 2.75) is 44.6 Å². The summed E-state index contributed by atoms with van der Waals surface area (Å²) in [5.74, 6) is 0. The Hall–Kier alpha value is 0.150. The van der Waals surface area contributed by atoms with Crippen LogP contribution in [-0.4, -0.2) is 5.23 Å². The van der Waals surface area contributed by atoms with Gasteiger partial charge in [-0.1, -0.05) is 44.6 Å². The molecule has 0 amide bonds. The second-order valence-corrected chi connectivity index (χ2v) is 0.250. The number of carbonyl (C=O) groups excluding carboxylic acids is 1. The van der Waals surface area contributed by atoms with Crippen LogP contribution in [0.15, 0.2) is 0 Å². The van der Waals surface area contributed by atoms with E-state index in [2.05, 4.69) is 12.2 Å². The molecule has 0 saturated carbocycles. The quantitative estimate of drug-likeness (QED) is 0.533. The van der Waals surface area contributed by atoms with E-state index in [-0.39, 0.29) is 58.1 Å². The van der Waals surface area contributed by atoms with Gasteiger partial charge in [0.15, 0.2) is 0 Å². The summed E-state index contributed by atoms with van der Waals surface area (Å²) in [6, 6.07) is 0. The molecule has 0 aromatic heterocycles. The molecule has 0 unspecified atom stereocenters. The van der Waals surface area contributed by atoms with Crippen molar-refractivity contribution >= 4 is 30.9 Å². The van der Waals surface area contributed by atoms with E-state index in [0.29, 0.717) is 0 Å². The van der Waals surface area contributed by atoms with Crippen molar-refractivity contribution in [1.82, 2.24) is 0 Å². The minimum absolute atomic E-state index is 0. The van der Waals surface area contributed by atoms with Gasteiger partial charge >= 0.3 is 0 Å². The highest BCUT2D eigenvalue weighted by atomic mass is 32.1. The lowest BCUT2D eigenvalue weighted by atomic mass is 11.9. The fraction of sp³-hybridized carbons (Fsp3) is 0.857. The van der Waals surface area contributed by atoms with Crippen molar-refractivity contribution in [2.75, 3.05) is 0 Å². The van der Waals surface area contributed by atoms with E-state index in [4.69, 9.17) is 4.79 Å². The van der Waals surface area contributed by atoms with Crippen molar-refractivity contribution in [2.24, 2.45) is 0 Å². The second kappa shape index (κ2) is 460. The first kappa shape index (κ1) is 184. The van der Waals surface area contributed by atoms with Gasteiger partial charge in [0, 0.05) is 12.2 Å². The van der Waals surface area contributed by atoms with Gasteiger partial charge in [-0.3, -0.25) is 0 Å². The Balaban J connectivity index is -0.000000000952. The molecule has 0 N–H and O–H groups in total. The van der Waals surface area contributed by atoms with E-state index in [1.807, 2.05) is 0 Å². The summed E-state index contributed by atoms with van der Waals surface area (Å²) in [7, 11) is 0. The van der Waals surface area contributed by atoms with Gasteiger partial charge in [0.1, 0.15) is 0 Å². The Labute approximate surface area is 80.7 Å². The maximum Gasteiger partial charge on any atom is 0.202 e. The van der Waals surface area contributed by atoms with Crippen LogP contribution in [0.25, 0.3) is 0 Å². The van der Waals surface area contributed by atoms with Gasteiger partial charge in [-0.15, -0.1) is 0 Å². The Kier molecular flexibility index (Phi) is 8450. The Bertz CT molecular complexity index is 32.6. The lowest BCUT2D eigenvalue weighted by Crippen LogP contribution is -1.08. The van der Waals surface area contributed by atoms with E-state index in [0.717, 1.165) is 5.23 Å². The van der Waals surface area contributed by atoms with Crippen molar-refractivity contribution in [1.29, 1.82) is 0 Å². The van der Waals surface area contributed by atoms with E-state index >= 15 is 0 Å². The highest BCUT2D eigenvalue weighted by molar-refractivity contribution is 7.78. The molecule has 0 spiro atoms. The molecule has 0 heterocycles. The fourth-order valence-corrected chi connectivity index (χ4v) is 0. The normalized spacial score (nSPS) is 0.800. The van der Waals surface area contributed by atoms with Crippen LogP contribution in [0.3, 0.4) is 0 Å². The number of rotatable bonds is 0. The van der Waals surface area contributed by atoms with Gasteiger partial charge in [0.25, 0.3) is 0 Å². The van der Waals surface area contributed by atoms with Crippen LogP contribution in [-0.2, 0) is 4.79 Å². The molecule has 0 rings (SSSR count). The number of hydrogen-bond acceptors (Lipinski definition) is 2. The molecule has 0 atom stereocenters. The maximum absolute atomic E-state index is 8.50. The molecule has 0 aromatic carbocycles. The molecule has 10 heavy (non-hydrogen) atoms. The third kappa shape index (κ3) is 18500. The standard InChI is InChI=1S/COS.6CH4.H2S/c2-1-3;;;;;;;/h;6*1H4;1H2. The Morgan fingerprint density at radius 2 is 0.800 bits per heavy atom. The SMILES string of the molecule is C.C.C.C.C.C.O=C=S.S. The first-order chi connectivity index (χ1) is 1.41. The zero-order valence-corrected chi connectivity index (χ0v) is 3.63. The molecule has 72 valence electrons. The summed E-state index contributed by atoms with van der Waals surface area (Å²) < 4.78 is 0. The Morgan fingerprint density at radius 3 is 0.800 bits per heavy atom.